The second-order valence-electron chi connectivity index (χ2n) is 8.65. The van der Waals surface area contributed by atoms with Gasteiger partial charge in [-0.25, -0.2) is 8.42 Å². The van der Waals surface area contributed by atoms with E-state index in [-0.39, 0.29) is 11.9 Å². The van der Waals surface area contributed by atoms with E-state index in [0.717, 1.165) is 23.1 Å². The number of nitrogens with zero attached hydrogens (tertiary/aromatic N) is 1. The molecule has 0 saturated heterocycles. The molecular formula is C23H30N2O5S. The monoisotopic (exact) mass is 446 g/mol. The molecule has 168 valence electrons. The van der Waals surface area contributed by atoms with Gasteiger partial charge in [0.15, 0.2) is 6.10 Å². The molecule has 7 nitrogen and oxygen atoms in total. The van der Waals surface area contributed by atoms with Crippen molar-refractivity contribution >= 4 is 21.6 Å². The summed E-state index contributed by atoms with van der Waals surface area (Å²) in [7, 11) is -1.86. The van der Waals surface area contributed by atoms with E-state index in [0.29, 0.717) is 17.9 Å². The van der Waals surface area contributed by atoms with Crippen molar-refractivity contribution in [3.63, 3.8) is 0 Å². The molecule has 1 aliphatic heterocycles. The SMILES string of the molecule is Cc1ccc2c(c1)[C@@H](NC(=O)[C@H](C)Oc1ccc(N(C)S(C)(=O)=O)cc1)CC(C)(C)O2. The van der Waals surface area contributed by atoms with Crippen LogP contribution in [0, 0.1) is 6.92 Å². The topological polar surface area (TPSA) is 84.9 Å². The second-order valence-corrected chi connectivity index (χ2v) is 10.7. The first-order chi connectivity index (χ1) is 14.4. The maximum atomic E-state index is 12.9. The second kappa shape index (κ2) is 8.42. The Balaban J connectivity index is 1.69. The van der Waals surface area contributed by atoms with Crippen molar-refractivity contribution in [2.45, 2.75) is 51.9 Å². The summed E-state index contributed by atoms with van der Waals surface area (Å²) >= 11 is 0. The van der Waals surface area contributed by atoms with Gasteiger partial charge in [-0.3, -0.25) is 9.10 Å². The van der Waals surface area contributed by atoms with Crippen LogP contribution in [0.4, 0.5) is 5.69 Å². The van der Waals surface area contributed by atoms with E-state index in [1.165, 1.54) is 11.4 Å². The fourth-order valence-electron chi connectivity index (χ4n) is 3.58. The van der Waals surface area contributed by atoms with Crippen LogP contribution in [-0.2, 0) is 14.8 Å². The molecular weight excluding hydrogens is 416 g/mol. The summed E-state index contributed by atoms with van der Waals surface area (Å²) in [6.45, 7) is 7.71. The number of sulfonamides is 1. The van der Waals surface area contributed by atoms with Crippen molar-refractivity contribution in [1.29, 1.82) is 0 Å². The highest BCUT2D eigenvalue weighted by molar-refractivity contribution is 7.92. The molecule has 0 fully saturated rings. The third-order valence-corrected chi connectivity index (χ3v) is 6.52. The molecule has 31 heavy (non-hydrogen) atoms. The molecule has 1 heterocycles. The van der Waals surface area contributed by atoms with Gasteiger partial charge in [-0.1, -0.05) is 17.7 Å². The number of rotatable bonds is 6. The van der Waals surface area contributed by atoms with Gasteiger partial charge in [0.2, 0.25) is 10.0 Å². The molecule has 3 rings (SSSR count). The average Bonchev–Trinajstić information content (AvgIpc) is 2.67. The largest absolute Gasteiger partial charge is 0.487 e. The summed E-state index contributed by atoms with van der Waals surface area (Å²) in [6.07, 6.45) is 1.06. The Labute approximate surface area is 184 Å². The molecule has 0 radical (unpaired) electrons. The van der Waals surface area contributed by atoms with E-state index in [4.69, 9.17) is 9.47 Å². The molecule has 0 bridgehead atoms. The predicted octanol–water partition coefficient (Wildman–Crippen LogP) is 3.58. The molecule has 1 amide bonds. The minimum atomic E-state index is -3.34. The number of amides is 1. The van der Waals surface area contributed by atoms with E-state index in [1.807, 2.05) is 39.0 Å². The van der Waals surface area contributed by atoms with Crippen LogP contribution >= 0.6 is 0 Å². The maximum Gasteiger partial charge on any atom is 0.261 e. The van der Waals surface area contributed by atoms with Crippen molar-refractivity contribution in [1.82, 2.24) is 5.32 Å². The lowest BCUT2D eigenvalue weighted by atomic mass is 9.89. The van der Waals surface area contributed by atoms with Crippen LogP contribution in [0.5, 0.6) is 11.5 Å². The Morgan fingerprint density at radius 3 is 2.48 bits per heavy atom. The van der Waals surface area contributed by atoms with Crippen molar-refractivity contribution in [2.24, 2.45) is 0 Å². The maximum absolute atomic E-state index is 12.9. The zero-order chi connectivity index (χ0) is 23.0. The average molecular weight is 447 g/mol. The lowest BCUT2D eigenvalue weighted by Gasteiger charge is -2.38. The first kappa shape index (κ1) is 22.9. The number of ether oxygens (including phenoxy) is 2. The first-order valence-electron chi connectivity index (χ1n) is 10.2. The van der Waals surface area contributed by atoms with Crippen LogP contribution in [0.3, 0.4) is 0 Å². The van der Waals surface area contributed by atoms with E-state index in [2.05, 4.69) is 5.32 Å². The van der Waals surface area contributed by atoms with Crippen molar-refractivity contribution < 1.29 is 22.7 Å². The Bertz CT molecular complexity index is 1060. The van der Waals surface area contributed by atoms with Crippen LogP contribution < -0.4 is 19.1 Å². The normalized spacial score (nSPS) is 18.3. The fourth-order valence-corrected chi connectivity index (χ4v) is 4.08. The number of carbonyl (C=O) groups is 1. The molecule has 0 unspecified atom stereocenters. The number of nitrogens with one attached hydrogen (secondary N) is 1. The number of hydrogen-bond donors (Lipinski definition) is 1. The smallest absolute Gasteiger partial charge is 0.261 e. The predicted molar refractivity (Wildman–Crippen MR) is 121 cm³/mol. The van der Waals surface area contributed by atoms with Gasteiger partial charge in [-0.2, -0.15) is 0 Å². The van der Waals surface area contributed by atoms with Gasteiger partial charge in [0, 0.05) is 19.0 Å². The Hall–Kier alpha value is -2.74. The standard InChI is InChI=1S/C23H30N2O5S/c1-15-7-12-21-19(13-15)20(14-23(3,4)30-21)24-22(26)16(2)29-18-10-8-17(9-11-18)25(5)31(6,27)28/h7-13,16,20H,14H2,1-6H3,(H,24,26)/t16-,20-/m0/s1. The lowest BCUT2D eigenvalue weighted by Crippen LogP contribution is -2.44. The van der Waals surface area contributed by atoms with Gasteiger partial charge >= 0.3 is 0 Å². The van der Waals surface area contributed by atoms with Crippen LogP contribution in [0.2, 0.25) is 0 Å². The van der Waals surface area contributed by atoms with Crippen molar-refractivity contribution in [3.05, 3.63) is 53.6 Å². The van der Waals surface area contributed by atoms with Gasteiger partial charge < -0.3 is 14.8 Å². The summed E-state index contributed by atoms with van der Waals surface area (Å²) in [5, 5.41) is 3.10. The first-order valence-corrected chi connectivity index (χ1v) is 12.0. The third kappa shape index (κ3) is 5.50. The van der Waals surface area contributed by atoms with Gasteiger partial charge in [0.1, 0.15) is 17.1 Å². The summed E-state index contributed by atoms with van der Waals surface area (Å²) in [6, 6.07) is 12.4. The molecule has 2 aromatic carbocycles. The van der Waals surface area contributed by atoms with E-state index in [9.17, 15) is 13.2 Å². The molecule has 2 atom stereocenters. The van der Waals surface area contributed by atoms with E-state index >= 15 is 0 Å². The number of anilines is 1. The highest BCUT2D eigenvalue weighted by atomic mass is 32.2. The molecule has 1 aliphatic rings. The minimum Gasteiger partial charge on any atom is -0.487 e. The van der Waals surface area contributed by atoms with Crippen LogP contribution in [0.1, 0.15) is 44.4 Å². The summed E-state index contributed by atoms with van der Waals surface area (Å²) in [5.41, 5.74) is 2.19. The highest BCUT2D eigenvalue weighted by Crippen LogP contribution is 2.40. The quantitative estimate of drug-likeness (QED) is 0.733. The zero-order valence-electron chi connectivity index (χ0n) is 18.8. The number of aryl methyl sites for hydroxylation is 1. The number of benzene rings is 2. The number of fused-ring (bicyclic) bond motifs is 1. The summed E-state index contributed by atoms with van der Waals surface area (Å²) in [4.78, 5) is 12.9. The van der Waals surface area contributed by atoms with Gasteiger partial charge in [0.25, 0.3) is 5.91 Å². The van der Waals surface area contributed by atoms with E-state index in [1.54, 1.807) is 31.2 Å². The highest BCUT2D eigenvalue weighted by Gasteiger charge is 2.35. The Morgan fingerprint density at radius 1 is 1.23 bits per heavy atom. The third-order valence-electron chi connectivity index (χ3n) is 5.32. The molecule has 0 aromatic heterocycles. The molecule has 0 aliphatic carbocycles. The van der Waals surface area contributed by atoms with Crippen molar-refractivity contribution in [3.8, 4) is 11.5 Å². The lowest BCUT2D eigenvalue weighted by molar-refractivity contribution is -0.128. The van der Waals surface area contributed by atoms with Crippen LogP contribution in [0.15, 0.2) is 42.5 Å². The molecule has 1 N–H and O–H groups in total. The van der Waals surface area contributed by atoms with Crippen LogP contribution in [-0.4, -0.2) is 39.3 Å². The summed E-state index contributed by atoms with van der Waals surface area (Å²) < 4.78 is 36.4. The number of hydrogen-bond acceptors (Lipinski definition) is 5. The Kier molecular flexibility index (Phi) is 6.23. The Morgan fingerprint density at radius 2 is 1.87 bits per heavy atom. The molecule has 0 saturated carbocycles. The molecule has 0 spiro atoms. The van der Waals surface area contributed by atoms with Crippen LogP contribution in [0.25, 0.3) is 0 Å². The van der Waals surface area contributed by atoms with E-state index < -0.39 is 21.7 Å². The molecule has 2 aromatic rings. The number of carbonyl (C=O) groups excluding carboxylic acids is 1. The van der Waals surface area contributed by atoms with Gasteiger partial charge in [-0.05, 0) is 58.0 Å². The fraction of sp³-hybridized carbons (Fsp3) is 0.435. The van der Waals surface area contributed by atoms with Gasteiger partial charge in [0.05, 0.1) is 18.0 Å². The minimum absolute atomic E-state index is 0.178. The van der Waals surface area contributed by atoms with Gasteiger partial charge in [-0.15, -0.1) is 0 Å². The molecule has 8 heteroatoms. The summed E-state index contributed by atoms with van der Waals surface area (Å²) in [5.74, 6) is 1.04. The zero-order valence-corrected chi connectivity index (χ0v) is 19.6. The van der Waals surface area contributed by atoms with Crippen molar-refractivity contribution in [2.75, 3.05) is 17.6 Å².